The summed E-state index contributed by atoms with van der Waals surface area (Å²) in [6, 6.07) is 0. The van der Waals surface area contributed by atoms with Gasteiger partial charge in [-0.15, -0.1) is 11.3 Å². The quantitative estimate of drug-likeness (QED) is 0.652. The van der Waals surface area contributed by atoms with Crippen molar-refractivity contribution < 1.29 is 8.42 Å². The molecule has 1 aliphatic rings. The maximum absolute atomic E-state index is 12.1. The zero-order chi connectivity index (χ0) is 17.1. The molecule has 0 aliphatic carbocycles. The first-order chi connectivity index (χ1) is 10.7. The van der Waals surface area contributed by atoms with Crippen LogP contribution in [0.3, 0.4) is 0 Å². The summed E-state index contributed by atoms with van der Waals surface area (Å²) in [5, 5.41) is 6.40. The van der Waals surface area contributed by atoms with Crippen LogP contribution < -0.4 is 5.32 Å². The number of guanidine groups is 1. The molecular formula is C15H26N4O2S2. The summed E-state index contributed by atoms with van der Waals surface area (Å²) in [4.78, 5) is 11.2. The minimum Gasteiger partial charge on any atom is -0.357 e. The van der Waals surface area contributed by atoms with E-state index in [1.54, 1.807) is 25.2 Å². The first-order valence-electron chi connectivity index (χ1n) is 7.92. The summed E-state index contributed by atoms with van der Waals surface area (Å²) in [6.07, 6.45) is 0.800. The molecule has 2 rings (SSSR count). The predicted molar refractivity (Wildman–Crippen MR) is 96.0 cm³/mol. The van der Waals surface area contributed by atoms with Gasteiger partial charge < -0.3 is 10.2 Å². The highest BCUT2D eigenvalue weighted by atomic mass is 32.2. The van der Waals surface area contributed by atoms with Crippen molar-refractivity contribution in [1.82, 2.24) is 15.2 Å². The fourth-order valence-corrected chi connectivity index (χ4v) is 4.56. The Labute approximate surface area is 142 Å². The lowest BCUT2D eigenvalue weighted by molar-refractivity contribution is 0.353. The normalized spacial score (nSPS) is 20.5. The van der Waals surface area contributed by atoms with Gasteiger partial charge in [0.2, 0.25) is 0 Å². The maximum Gasteiger partial charge on any atom is 0.194 e. The number of nitrogens with one attached hydrogen (secondary N) is 1. The van der Waals surface area contributed by atoms with Crippen LogP contribution >= 0.6 is 11.3 Å². The fourth-order valence-electron chi connectivity index (χ4n) is 2.55. The summed E-state index contributed by atoms with van der Waals surface area (Å²) in [5.74, 6) is 0.970. The Morgan fingerprint density at radius 3 is 2.83 bits per heavy atom. The largest absolute Gasteiger partial charge is 0.357 e. The van der Waals surface area contributed by atoms with Crippen LogP contribution in [0.2, 0.25) is 0 Å². The van der Waals surface area contributed by atoms with Crippen LogP contribution in [0.15, 0.2) is 10.4 Å². The Morgan fingerprint density at radius 2 is 2.26 bits per heavy atom. The minimum absolute atomic E-state index is 0.176. The Hall–Kier alpha value is -1.15. The van der Waals surface area contributed by atoms with Crippen LogP contribution in [-0.2, 0) is 16.3 Å². The third-order valence-electron chi connectivity index (χ3n) is 3.97. The lowest BCUT2D eigenvalue weighted by Crippen LogP contribution is -2.57. The Balaban J connectivity index is 2.04. The minimum atomic E-state index is -3.04. The molecule has 1 aromatic rings. The molecule has 1 saturated heterocycles. The van der Waals surface area contributed by atoms with E-state index in [4.69, 9.17) is 0 Å². The smallest absolute Gasteiger partial charge is 0.194 e. The van der Waals surface area contributed by atoms with Crippen LogP contribution in [0, 0.1) is 6.92 Å². The lowest BCUT2D eigenvalue weighted by atomic mass is 10.2. The Morgan fingerprint density at radius 1 is 1.52 bits per heavy atom. The van der Waals surface area contributed by atoms with E-state index in [0.29, 0.717) is 19.6 Å². The second kappa shape index (κ2) is 7.17. The fraction of sp³-hybridized carbons (Fsp3) is 0.733. The molecule has 0 aromatic carbocycles. The standard InChI is InChI=1S/C15H26N4O2S2/c1-5-16-14(17-7-6-13-10-22-12(2)18-13)19-8-9-23(20,21)15(3,4)11-19/h10H,5-9,11H2,1-4H3,(H,16,17). The monoisotopic (exact) mass is 358 g/mol. The molecule has 23 heavy (non-hydrogen) atoms. The van der Waals surface area contributed by atoms with Gasteiger partial charge in [-0.25, -0.2) is 13.4 Å². The van der Waals surface area contributed by atoms with Gasteiger partial charge in [0.25, 0.3) is 0 Å². The van der Waals surface area contributed by atoms with E-state index in [9.17, 15) is 8.42 Å². The SMILES string of the molecule is CCNC(=NCCc1csc(C)n1)N1CCS(=O)(=O)C(C)(C)C1. The predicted octanol–water partition coefficient (Wildman–Crippen LogP) is 1.47. The highest BCUT2D eigenvalue weighted by Crippen LogP contribution is 2.23. The van der Waals surface area contributed by atoms with Crippen LogP contribution in [0.1, 0.15) is 31.5 Å². The molecular weight excluding hydrogens is 332 g/mol. The van der Waals surface area contributed by atoms with Gasteiger partial charge in [0.05, 0.1) is 21.2 Å². The summed E-state index contributed by atoms with van der Waals surface area (Å²) in [7, 11) is -3.04. The zero-order valence-electron chi connectivity index (χ0n) is 14.3. The van der Waals surface area contributed by atoms with Crippen molar-refractivity contribution >= 4 is 27.1 Å². The molecule has 0 bridgehead atoms. The Bertz CT molecular complexity index is 665. The van der Waals surface area contributed by atoms with Crippen LogP contribution in [0.25, 0.3) is 0 Å². The van der Waals surface area contributed by atoms with Crippen LogP contribution in [-0.4, -0.2) is 60.9 Å². The molecule has 1 aliphatic heterocycles. The molecule has 1 aromatic heterocycles. The summed E-state index contributed by atoms with van der Waals surface area (Å²) in [5.41, 5.74) is 1.06. The van der Waals surface area contributed by atoms with Crippen LogP contribution in [0.5, 0.6) is 0 Å². The average molecular weight is 359 g/mol. The molecule has 0 radical (unpaired) electrons. The molecule has 0 saturated carbocycles. The molecule has 0 amide bonds. The van der Waals surface area contributed by atoms with E-state index in [1.807, 2.05) is 13.8 Å². The van der Waals surface area contributed by atoms with Crippen molar-refractivity contribution in [1.29, 1.82) is 0 Å². The van der Waals surface area contributed by atoms with Gasteiger partial charge in [0.1, 0.15) is 0 Å². The number of rotatable bonds is 4. The van der Waals surface area contributed by atoms with Crippen molar-refractivity contribution in [2.45, 2.75) is 38.9 Å². The van der Waals surface area contributed by atoms with Gasteiger partial charge in [-0.3, -0.25) is 4.99 Å². The van der Waals surface area contributed by atoms with Crippen molar-refractivity contribution in [3.05, 3.63) is 16.1 Å². The van der Waals surface area contributed by atoms with E-state index in [-0.39, 0.29) is 5.75 Å². The van der Waals surface area contributed by atoms with E-state index in [1.165, 1.54) is 0 Å². The molecule has 2 heterocycles. The number of nitrogens with zero attached hydrogens (tertiary/aromatic N) is 3. The van der Waals surface area contributed by atoms with Crippen molar-refractivity contribution in [2.24, 2.45) is 4.99 Å². The molecule has 0 unspecified atom stereocenters. The summed E-state index contributed by atoms with van der Waals surface area (Å²) in [6.45, 7) is 9.97. The Kier molecular flexibility index (Phi) is 5.67. The van der Waals surface area contributed by atoms with E-state index in [0.717, 1.165) is 29.6 Å². The first-order valence-corrected chi connectivity index (χ1v) is 10.4. The third-order valence-corrected chi connectivity index (χ3v) is 7.33. The van der Waals surface area contributed by atoms with E-state index in [2.05, 4.69) is 25.6 Å². The molecule has 0 spiro atoms. The molecule has 1 fully saturated rings. The third kappa shape index (κ3) is 4.44. The number of aromatic nitrogens is 1. The number of hydrogen-bond acceptors (Lipinski definition) is 5. The molecule has 130 valence electrons. The summed E-state index contributed by atoms with van der Waals surface area (Å²) < 4.78 is 23.5. The van der Waals surface area contributed by atoms with Crippen molar-refractivity contribution in [2.75, 3.05) is 31.9 Å². The lowest BCUT2D eigenvalue weighted by Gasteiger charge is -2.39. The van der Waals surface area contributed by atoms with Crippen molar-refractivity contribution in [3.63, 3.8) is 0 Å². The van der Waals surface area contributed by atoms with Gasteiger partial charge in [0, 0.05) is 38.0 Å². The topological polar surface area (TPSA) is 74.7 Å². The highest BCUT2D eigenvalue weighted by Gasteiger charge is 2.40. The van der Waals surface area contributed by atoms with E-state index < -0.39 is 14.6 Å². The second-order valence-corrected chi connectivity index (χ2v) is 10.1. The van der Waals surface area contributed by atoms with Gasteiger partial charge in [0.15, 0.2) is 15.8 Å². The first kappa shape index (κ1) is 18.2. The number of sulfone groups is 1. The molecule has 6 nitrogen and oxygen atoms in total. The highest BCUT2D eigenvalue weighted by molar-refractivity contribution is 7.92. The number of aryl methyl sites for hydroxylation is 1. The van der Waals surface area contributed by atoms with Gasteiger partial charge in [-0.05, 0) is 27.7 Å². The molecule has 8 heteroatoms. The van der Waals surface area contributed by atoms with E-state index >= 15 is 0 Å². The summed E-state index contributed by atoms with van der Waals surface area (Å²) >= 11 is 1.65. The average Bonchev–Trinajstić information content (AvgIpc) is 2.87. The molecule has 1 N–H and O–H groups in total. The number of hydrogen-bond donors (Lipinski definition) is 1. The number of thiazole rings is 1. The maximum atomic E-state index is 12.1. The van der Waals surface area contributed by atoms with Crippen LogP contribution in [0.4, 0.5) is 0 Å². The molecule has 0 atom stereocenters. The zero-order valence-corrected chi connectivity index (χ0v) is 15.9. The van der Waals surface area contributed by atoms with Crippen molar-refractivity contribution in [3.8, 4) is 0 Å². The second-order valence-electron chi connectivity index (χ2n) is 6.34. The van der Waals surface area contributed by atoms with Gasteiger partial charge in [-0.1, -0.05) is 0 Å². The number of aliphatic imine (C=N–C) groups is 1. The van der Waals surface area contributed by atoms with Gasteiger partial charge >= 0.3 is 0 Å². The van der Waals surface area contributed by atoms with Gasteiger partial charge in [-0.2, -0.15) is 0 Å².